The summed E-state index contributed by atoms with van der Waals surface area (Å²) in [6, 6.07) is 2.31. The van der Waals surface area contributed by atoms with E-state index in [1.165, 1.54) is 0 Å². The number of hydrogen-bond acceptors (Lipinski definition) is 5. The third kappa shape index (κ3) is 3.04. The number of nitrogens with zero attached hydrogens (tertiary/aromatic N) is 2. The highest BCUT2D eigenvalue weighted by molar-refractivity contribution is 5.42. The predicted molar refractivity (Wildman–Crippen MR) is 79.3 cm³/mol. The second-order valence-electron chi connectivity index (χ2n) is 5.97. The van der Waals surface area contributed by atoms with Crippen LogP contribution in [-0.4, -0.2) is 48.8 Å². The summed E-state index contributed by atoms with van der Waals surface area (Å²) in [7, 11) is 3.31. The number of nitrogens with one attached hydrogen (secondary N) is 1. The lowest BCUT2D eigenvalue weighted by atomic mass is 9.97. The first kappa shape index (κ1) is 15.1. The summed E-state index contributed by atoms with van der Waals surface area (Å²) in [5, 5.41) is 3.52. The fourth-order valence-electron chi connectivity index (χ4n) is 2.60. The van der Waals surface area contributed by atoms with Gasteiger partial charge in [-0.15, -0.1) is 0 Å². The van der Waals surface area contributed by atoms with Crippen LogP contribution in [0.15, 0.2) is 12.3 Å². The SMILES string of the molecule is COc1ccnc(CN2CC(C)NCC2(C)C)c1OC. The minimum atomic E-state index is 0.0995. The van der Waals surface area contributed by atoms with Crippen LogP contribution >= 0.6 is 0 Å². The first-order chi connectivity index (χ1) is 9.47. The monoisotopic (exact) mass is 279 g/mol. The third-order valence-corrected chi connectivity index (χ3v) is 3.94. The fourth-order valence-corrected chi connectivity index (χ4v) is 2.60. The molecule has 0 spiro atoms. The Labute approximate surface area is 121 Å². The number of piperazine rings is 1. The molecule has 112 valence electrons. The van der Waals surface area contributed by atoms with E-state index in [-0.39, 0.29) is 5.54 Å². The summed E-state index contributed by atoms with van der Waals surface area (Å²) >= 11 is 0. The Morgan fingerprint density at radius 2 is 2.15 bits per heavy atom. The number of methoxy groups -OCH3 is 2. The smallest absolute Gasteiger partial charge is 0.183 e. The summed E-state index contributed by atoms with van der Waals surface area (Å²) in [6.45, 7) is 9.43. The van der Waals surface area contributed by atoms with Crippen LogP contribution in [0, 0.1) is 0 Å². The average Bonchev–Trinajstić information content (AvgIpc) is 2.43. The minimum absolute atomic E-state index is 0.0995. The molecular formula is C15H25N3O2. The molecule has 1 aliphatic rings. The van der Waals surface area contributed by atoms with Gasteiger partial charge < -0.3 is 14.8 Å². The maximum Gasteiger partial charge on any atom is 0.183 e. The molecule has 1 atom stereocenters. The van der Waals surface area contributed by atoms with Crippen LogP contribution in [0.4, 0.5) is 0 Å². The molecule has 1 aromatic heterocycles. The predicted octanol–water partition coefficient (Wildman–Crippen LogP) is 1.67. The van der Waals surface area contributed by atoms with Crippen molar-refractivity contribution in [1.82, 2.24) is 15.2 Å². The quantitative estimate of drug-likeness (QED) is 0.908. The first-order valence-corrected chi connectivity index (χ1v) is 7.02. The second-order valence-corrected chi connectivity index (χ2v) is 5.97. The number of aromatic nitrogens is 1. The van der Waals surface area contributed by atoms with Crippen LogP contribution in [0.3, 0.4) is 0 Å². The molecule has 0 radical (unpaired) electrons. The van der Waals surface area contributed by atoms with E-state index in [0.717, 1.165) is 36.8 Å². The standard InChI is InChI=1S/C15H25N3O2/c1-11-8-18(15(2,3)10-17-11)9-12-14(20-5)13(19-4)6-7-16-12/h6-7,11,17H,8-10H2,1-5H3. The molecular weight excluding hydrogens is 254 g/mol. The van der Waals surface area contributed by atoms with E-state index in [4.69, 9.17) is 9.47 Å². The zero-order valence-corrected chi connectivity index (χ0v) is 13.1. The number of pyridine rings is 1. The molecule has 5 heteroatoms. The molecule has 1 N–H and O–H groups in total. The molecule has 0 saturated carbocycles. The molecule has 1 unspecified atom stereocenters. The van der Waals surface area contributed by atoms with Gasteiger partial charge in [-0.05, 0) is 20.8 Å². The Hall–Kier alpha value is -1.33. The summed E-state index contributed by atoms with van der Waals surface area (Å²) in [5.41, 5.74) is 1.02. The van der Waals surface area contributed by atoms with Gasteiger partial charge in [0.05, 0.1) is 14.2 Å². The molecule has 1 fully saturated rings. The lowest BCUT2D eigenvalue weighted by molar-refractivity contribution is 0.0605. The van der Waals surface area contributed by atoms with Crippen molar-refractivity contribution in [3.63, 3.8) is 0 Å². The molecule has 1 saturated heterocycles. The van der Waals surface area contributed by atoms with E-state index in [9.17, 15) is 0 Å². The zero-order valence-electron chi connectivity index (χ0n) is 13.1. The molecule has 1 aromatic rings. The summed E-state index contributed by atoms with van der Waals surface area (Å²) in [6.07, 6.45) is 1.77. The lowest BCUT2D eigenvalue weighted by Crippen LogP contribution is -2.60. The molecule has 2 heterocycles. The summed E-state index contributed by atoms with van der Waals surface area (Å²) in [4.78, 5) is 6.92. The van der Waals surface area contributed by atoms with E-state index >= 15 is 0 Å². The minimum Gasteiger partial charge on any atom is -0.493 e. The van der Waals surface area contributed by atoms with Crippen LogP contribution in [0.1, 0.15) is 26.5 Å². The number of hydrogen-bond donors (Lipinski definition) is 1. The van der Waals surface area contributed by atoms with Gasteiger partial charge in [0.25, 0.3) is 0 Å². The van der Waals surface area contributed by atoms with Crippen LogP contribution < -0.4 is 14.8 Å². The van der Waals surface area contributed by atoms with Crippen LogP contribution in [-0.2, 0) is 6.54 Å². The van der Waals surface area contributed by atoms with Gasteiger partial charge in [-0.2, -0.15) is 0 Å². The van der Waals surface area contributed by atoms with Gasteiger partial charge in [0, 0.05) is 43.5 Å². The molecule has 0 amide bonds. The first-order valence-electron chi connectivity index (χ1n) is 7.02. The molecule has 1 aliphatic heterocycles. The van der Waals surface area contributed by atoms with Crippen molar-refractivity contribution >= 4 is 0 Å². The third-order valence-electron chi connectivity index (χ3n) is 3.94. The van der Waals surface area contributed by atoms with Crippen molar-refractivity contribution in [1.29, 1.82) is 0 Å². The molecule has 20 heavy (non-hydrogen) atoms. The van der Waals surface area contributed by atoms with E-state index in [0.29, 0.717) is 6.04 Å². The Morgan fingerprint density at radius 3 is 2.80 bits per heavy atom. The Morgan fingerprint density at radius 1 is 1.40 bits per heavy atom. The highest BCUT2D eigenvalue weighted by Crippen LogP contribution is 2.31. The largest absolute Gasteiger partial charge is 0.493 e. The topological polar surface area (TPSA) is 46.6 Å². The van der Waals surface area contributed by atoms with Crippen molar-refractivity contribution in [3.05, 3.63) is 18.0 Å². The maximum atomic E-state index is 5.47. The van der Waals surface area contributed by atoms with E-state index in [1.807, 2.05) is 6.07 Å². The summed E-state index contributed by atoms with van der Waals surface area (Å²) in [5.74, 6) is 1.47. The van der Waals surface area contributed by atoms with Gasteiger partial charge in [-0.25, -0.2) is 0 Å². The lowest BCUT2D eigenvalue weighted by Gasteiger charge is -2.45. The van der Waals surface area contributed by atoms with Crippen LogP contribution in [0.5, 0.6) is 11.5 Å². The van der Waals surface area contributed by atoms with Crippen molar-refractivity contribution in [2.24, 2.45) is 0 Å². The van der Waals surface area contributed by atoms with E-state index in [2.05, 4.69) is 36.0 Å². The van der Waals surface area contributed by atoms with E-state index < -0.39 is 0 Å². The van der Waals surface area contributed by atoms with Gasteiger partial charge in [0.1, 0.15) is 5.69 Å². The average molecular weight is 279 g/mol. The van der Waals surface area contributed by atoms with Gasteiger partial charge in [-0.3, -0.25) is 9.88 Å². The second kappa shape index (κ2) is 5.97. The summed E-state index contributed by atoms with van der Waals surface area (Å²) < 4.78 is 10.8. The Kier molecular flexibility index (Phi) is 4.50. The van der Waals surface area contributed by atoms with Crippen molar-refractivity contribution in [2.45, 2.75) is 38.9 Å². The number of ether oxygens (including phenoxy) is 2. The fraction of sp³-hybridized carbons (Fsp3) is 0.667. The zero-order chi connectivity index (χ0) is 14.8. The van der Waals surface area contributed by atoms with Crippen LogP contribution in [0.25, 0.3) is 0 Å². The molecule has 0 aliphatic carbocycles. The number of rotatable bonds is 4. The highest BCUT2D eigenvalue weighted by atomic mass is 16.5. The van der Waals surface area contributed by atoms with Crippen molar-refractivity contribution in [3.8, 4) is 11.5 Å². The maximum absolute atomic E-state index is 5.47. The molecule has 0 aromatic carbocycles. The Balaban J connectivity index is 2.24. The van der Waals surface area contributed by atoms with Crippen molar-refractivity contribution < 1.29 is 9.47 Å². The van der Waals surface area contributed by atoms with Gasteiger partial charge >= 0.3 is 0 Å². The Bertz CT molecular complexity index is 462. The van der Waals surface area contributed by atoms with Gasteiger partial charge in [-0.1, -0.05) is 0 Å². The van der Waals surface area contributed by atoms with E-state index in [1.54, 1.807) is 20.4 Å². The highest BCUT2D eigenvalue weighted by Gasteiger charge is 2.33. The molecule has 2 rings (SSSR count). The van der Waals surface area contributed by atoms with Crippen molar-refractivity contribution in [2.75, 3.05) is 27.3 Å². The molecule has 0 bridgehead atoms. The van der Waals surface area contributed by atoms with Gasteiger partial charge in [0.15, 0.2) is 11.5 Å². The van der Waals surface area contributed by atoms with Crippen LogP contribution in [0.2, 0.25) is 0 Å². The van der Waals surface area contributed by atoms with Gasteiger partial charge in [0.2, 0.25) is 0 Å². The normalized spacial score (nSPS) is 22.6. The molecule has 5 nitrogen and oxygen atoms in total.